The van der Waals surface area contributed by atoms with Crippen molar-refractivity contribution in [1.82, 2.24) is 18.7 Å². The normalized spacial score (nSPS) is 11.6. The lowest BCUT2D eigenvalue weighted by Gasteiger charge is -2.11. The summed E-state index contributed by atoms with van der Waals surface area (Å²) in [5.41, 5.74) is -1.14. The number of benzene rings is 1. The number of hydrogen-bond acceptors (Lipinski definition) is 5. The Morgan fingerprint density at radius 2 is 1.96 bits per heavy atom. The van der Waals surface area contributed by atoms with E-state index >= 15 is 0 Å². The first-order chi connectivity index (χ1) is 13.1. The van der Waals surface area contributed by atoms with Crippen molar-refractivity contribution in [2.24, 2.45) is 14.1 Å². The van der Waals surface area contributed by atoms with Gasteiger partial charge in [0.2, 0.25) is 5.91 Å². The van der Waals surface area contributed by atoms with Crippen LogP contribution in [0.4, 0.5) is 18.9 Å². The number of rotatable bonds is 4. The summed E-state index contributed by atoms with van der Waals surface area (Å²) in [5, 5.41) is 2.33. The van der Waals surface area contributed by atoms with Crippen molar-refractivity contribution >= 4 is 22.8 Å². The Morgan fingerprint density at radius 1 is 1.25 bits per heavy atom. The van der Waals surface area contributed by atoms with Crippen LogP contribution in [0.25, 0.3) is 11.2 Å². The van der Waals surface area contributed by atoms with E-state index in [4.69, 9.17) is 0 Å². The third-order valence-electron chi connectivity index (χ3n) is 3.85. The van der Waals surface area contributed by atoms with Crippen molar-refractivity contribution < 1.29 is 22.7 Å². The molecular formula is C16H14F3N5O4. The average Bonchev–Trinajstić information content (AvgIpc) is 2.97. The molecule has 3 aromatic rings. The first kappa shape index (κ1) is 19.2. The van der Waals surface area contributed by atoms with Crippen molar-refractivity contribution in [2.75, 3.05) is 5.32 Å². The van der Waals surface area contributed by atoms with Crippen LogP contribution >= 0.6 is 0 Å². The van der Waals surface area contributed by atoms with Crippen LogP contribution in [0.3, 0.4) is 0 Å². The summed E-state index contributed by atoms with van der Waals surface area (Å²) in [7, 11) is 2.97. The van der Waals surface area contributed by atoms with Gasteiger partial charge >= 0.3 is 12.1 Å². The van der Waals surface area contributed by atoms with Gasteiger partial charge in [-0.05, 0) is 12.1 Å². The van der Waals surface area contributed by atoms with Gasteiger partial charge in [-0.2, -0.15) is 0 Å². The molecule has 9 nitrogen and oxygen atoms in total. The molecule has 148 valence electrons. The Kier molecular flexibility index (Phi) is 4.71. The van der Waals surface area contributed by atoms with Crippen molar-refractivity contribution in [2.45, 2.75) is 12.9 Å². The molecule has 0 aliphatic carbocycles. The Balaban J connectivity index is 1.87. The molecule has 0 fully saturated rings. The maximum absolute atomic E-state index is 12.5. The summed E-state index contributed by atoms with van der Waals surface area (Å²) < 4.78 is 43.9. The predicted octanol–water partition coefficient (Wildman–Crippen LogP) is 0.971. The molecule has 1 N–H and O–H groups in total. The van der Waals surface area contributed by atoms with E-state index in [0.717, 1.165) is 21.3 Å². The molecule has 0 saturated carbocycles. The Labute approximate surface area is 154 Å². The standard InChI is InChI=1S/C16H14F3N5O4/c1-22-8-20-13-12(22)14(26)24(15(27)23(13)2)7-11(25)21-9-4-3-5-10(6-9)28-16(17,18)19/h3-6,8H,7H2,1-2H3,(H,21,25). The molecule has 0 aliphatic heterocycles. The van der Waals surface area contributed by atoms with Crippen molar-refractivity contribution in [3.63, 3.8) is 0 Å². The summed E-state index contributed by atoms with van der Waals surface area (Å²) >= 11 is 0. The number of fused-ring (bicyclic) bond motifs is 1. The van der Waals surface area contributed by atoms with Gasteiger partial charge in [0.05, 0.1) is 6.33 Å². The largest absolute Gasteiger partial charge is 0.573 e. The van der Waals surface area contributed by atoms with Crippen LogP contribution in [0.1, 0.15) is 0 Å². The molecule has 1 aromatic carbocycles. The Hall–Kier alpha value is -3.57. The molecule has 0 atom stereocenters. The summed E-state index contributed by atoms with van der Waals surface area (Å²) in [6, 6.07) is 4.63. The van der Waals surface area contributed by atoms with Gasteiger partial charge in [-0.15, -0.1) is 13.2 Å². The van der Waals surface area contributed by atoms with Crippen LogP contribution in [0, 0.1) is 0 Å². The minimum Gasteiger partial charge on any atom is -0.406 e. The number of imidazole rings is 1. The fourth-order valence-electron chi connectivity index (χ4n) is 2.65. The molecule has 2 aromatic heterocycles. The first-order valence-electron chi connectivity index (χ1n) is 7.83. The van der Waals surface area contributed by atoms with Crippen LogP contribution < -0.4 is 21.3 Å². The lowest BCUT2D eigenvalue weighted by atomic mass is 10.3. The molecule has 0 spiro atoms. The van der Waals surface area contributed by atoms with Crippen molar-refractivity contribution in [1.29, 1.82) is 0 Å². The number of amides is 1. The lowest BCUT2D eigenvalue weighted by molar-refractivity contribution is -0.274. The Morgan fingerprint density at radius 3 is 2.64 bits per heavy atom. The summed E-state index contributed by atoms with van der Waals surface area (Å²) in [5.74, 6) is -1.29. The number of alkyl halides is 3. The molecule has 0 unspecified atom stereocenters. The average molecular weight is 397 g/mol. The summed E-state index contributed by atoms with van der Waals surface area (Å²) in [6.45, 7) is -0.628. The van der Waals surface area contributed by atoms with Gasteiger partial charge in [0, 0.05) is 25.8 Å². The highest BCUT2D eigenvalue weighted by molar-refractivity contribution is 5.90. The first-order valence-corrected chi connectivity index (χ1v) is 7.83. The zero-order chi connectivity index (χ0) is 20.6. The van der Waals surface area contributed by atoms with Gasteiger partial charge in [-0.25, -0.2) is 14.3 Å². The molecule has 1 amide bonds. The zero-order valence-electron chi connectivity index (χ0n) is 14.6. The number of nitrogens with zero attached hydrogens (tertiary/aromatic N) is 4. The number of carbonyl (C=O) groups excluding carboxylic acids is 1. The highest BCUT2D eigenvalue weighted by Gasteiger charge is 2.31. The number of aromatic nitrogens is 4. The van der Waals surface area contributed by atoms with E-state index < -0.39 is 35.8 Å². The van der Waals surface area contributed by atoms with E-state index in [1.165, 1.54) is 30.1 Å². The van der Waals surface area contributed by atoms with Crippen LogP contribution in [0.2, 0.25) is 0 Å². The summed E-state index contributed by atoms with van der Waals surface area (Å²) in [6.07, 6.45) is -3.51. The van der Waals surface area contributed by atoms with E-state index in [0.29, 0.717) is 0 Å². The second-order valence-corrected chi connectivity index (χ2v) is 5.88. The predicted molar refractivity (Wildman–Crippen MR) is 92.0 cm³/mol. The lowest BCUT2D eigenvalue weighted by Crippen LogP contribution is -2.42. The molecule has 2 heterocycles. The van der Waals surface area contributed by atoms with E-state index in [-0.39, 0.29) is 16.9 Å². The van der Waals surface area contributed by atoms with E-state index in [9.17, 15) is 27.6 Å². The SMILES string of the molecule is Cn1cnc2c1c(=O)n(CC(=O)Nc1cccc(OC(F)(F)F)c1)c(=O)n2C. The number of halogens is 3. The minimum atomic E-state index is -4.87. The smallest absolute Gasteiger partial charge is 0.406 e. The van der Waals surface area contributed by atoms with Gasteiger partial charge in [-0.3, -0.25) is 14.2 Å². The van der Waals surface area contributed by atoms with Crippen LogP contribution in [-0.4, -0.2) is 31.0 Å². The summed E-state index contributed by atoms with van der Waals surface area (Å²) in [4.78, 5) is 41.1. The fraction of sp³-hybridized carbons (Fsp3) is 0.250. The number of ether oxygens (including phenoxy) is 1. The molecule has 28 heavy (non-hydrogen) atoms. The van der Waals surface area contributed by atoms with Crippen LogP contribution in [0.15, 0.2) is 40.2 Å². The third-order valence-corrected chi connectivity index (χ3v) is 3.85. The van der Waals surface area contributed by atoms with Crippen LogP contribution in [0.5, 0.6) is 5.75 Å². The molecule has 0 aliphatic rings. The molecule has 0 radical (unpaired) electrons. The highest BCUT2D eigenvalue weighted by atomic mass is 19.4. The molecule has 12 heteroatoms. The van der Waals surface area contributed by atoms with Gasteiger partial charge < -0.3 is 14.6 Å². The van der Waals surface area contributed by atoms with Crippen LogP contribution in [-0.2, 0) is 25.4 Å². The van der Waals surface area contributed by atoms with E-state index in [1.54, 1.807) is 7.05 Å². The van der Waals surface area contributed by atoms with E-state index in [1.807, 2.05) is 0 Å². The maximum Gasteiger partial charge on any atom is 0.573 e. The number of carbonyl (C=O) groups is 1. The van der Waals surface area contributed by atoms with Gasteiger partial charge in [0.15, 0.2) is 11.2 Å². The molecular weight excluding hydrogens is 383 g/mol. The molecule has 3 rings (SSSR count). The van der Waals surface area contributed by atoms with Crippen molar-refractivity contribution in [3.05, 3.63) is 51.4 Å². The van der Waals surface area contributed by atoms with Gasteiger partial charge in [0.25, 0.3) is 5.56 Å². The zero-order valence-corrected chi connectivity index (χ0v) is 14.6. The van der Waals surface area contributed by atoms with Gasteiger partial charge in [0.1, 0.15) is 12.3 Å². The number of hydrogen-bond donors (Lipinski definition) is 1. The quantitative estimate of drug-likeness (QED) is 0.707. The Bertz CT molecular complexity index is 1180. The highest BCUT2D eigenvalue weighted by Crippen LogP contribution is 2.25. The van der Waals surface area contributed by atoms with E-state index in [2.05, 4.69) is 15.0 Å². The second-order valence-electron chi connectivity index (χ2n) is 5.88. The van der Waals surface area contributed by atoms with Crippen molar-refractivity contribution in [3.8, 4) is 5.75 Å². The third kappa shape index (κ3) is 3.75. The topological polar surface area (TPSA) is 100 Å². The molecule has 0 saturated heterocycles. The number of aryl methyl sites for hydroxylation is 2. The monoisotopic (exact) mass is 397 g/mol. The maximum atomic E-state index is 12.5. The second kappa shape index (κ2) is 6.87. The van der Waals surface area contributed by atoms with Gasteiger partial charge in [-0.1, -0.05) is 6.07 Å². The fourth-order valence-corrected chi connectivity index (χ4v) is 2.65. The molecule has 0 bridgehead atoms. The number of anilines is 1. The minimum absolute atomic E-state index is 0.0123. The number of nitrogens with one attached hydrogen (secondary N) is 1.